The van der Waals surface area contributed by atoms with Crippen LogP contribution in [0.3, 0.4) is 0 Å². The molecule has 0 saturated heterocycles. The zero-order chi connectivity index (χ0) is 14.7. The third kappa shape index (κ3) is 3.49. The fraction of sp³-hybridized carbons (Fsp3) is 0.375. The van der Waals surface area contributed by atoms with Gasteiger partial charge < -0.3 is 5.32 Å². The molecule has 1 aromatic carbocycles. The van der Waals surface area contributed by atoms with Crippen LogP contribution < -0.4 is 5.32 Å². The number of fused-ring (bicyclic) bond motifs is 1. The average Bonchev–Trinajstić information content (AvgIpc) is 3.05. The van der Waals surface area contributed by atoms with Gasteiger partial charge in [0.15, 0.2) is 0 Å². The summed E-state index contributed by atoms with van der Waals surface area (Å²) in [6.07, 6.45) is 1.86. The quantitative estimate of drug-likeness (QED) is 0.759. The Bertz CT molecular complexity index is 681. The van der Waals surface area contributed by atoms with E-state index >= 15 is 0 Å². The Kier molecular flexibility index (Phi) is 4.31. The fourth-order valence-corrected chi connectivity index (χ4v) is 3.21. The standard InChI is InChI=1S/C16H20N4S/c1-12(2)9-17-10-13-7-8-18-20(13)11-16-19-14-5-3-4-6-15(14)21-16/h3-8,12,17H,9-11H2,1-2H3. The first-order valence-electron chi connectivity index (χ1n) is 7.28. The van der Waals surface area contributed by atoms with Gasteiger partial charge in [-0.15, -0.1) is 11.3 Å². The zero-order valence-electron chi connectivity index (χ0n) is 12.4. The van der Waals surface area contributed by atoms with E-state index in [1.165, 1.54) is 10.4 Å². The second-order valence-corrected chi connectivity index (χ2v) is 6.70. The highest BCUT2D eigenvalue weighted by Gasteiger charge is 2.07. The first-order valence-corrected chi connectivity index (χ1v) is 8.10. The Morgan fingerprint density at radius 1 is 1.24 bits per heavy atom. The molecule has 3 aromatic rings. The van der Waals surface area contributed by atoms with Crippen LogP contribution in [-0.4, -0.2) is 21.3 Å². The number of benzene rings is 1. The summed E-state index contributed by atoms with van der Waals surface area (Å²) in [5.41, 5.74) is 2.28. The number of nitrogens with zero attached hydrogens (tertiary/aromatic N) is 3. The molecule has 3 rings (SSSR count). The smallest absolute Gasteiger partial charge is 0.115 e. The monoisotopic (exact) mass is 300 g/mol. The summed E-state index contributed by atoms with van der Waals surface area (Å²) in [6, 6.07) is 10.3. The lowest BCUT2D eigenvalue weighted by Gasteiger charge is -2.09. The number of aromatic nitrogens is 3. The molecule has 21 heavy (non-hydrogen) atoms. The van der Waals surface area contributed by atoms with Crippen molar-refractivity contribution in [1.29, 1.82) is 0 Å². The first kappa shape index (κ1) is 14.2. The Morgan fingerprint density at radius 3 is 2.90 bits per heavy atom. The summed E-state index contributed by atoms with van der Waals surface area (Å²) in [7, 11) is 0. The number of hydrogen-bond donors (Lipinski definition) is 1. The highest BCUT2D eigenvalue weighted by atomic mass is 32.1. The van der Waals surface area contributed by atoms with Gasteiger partial charge in [-0.25, -0.2) is 4.98 Å². The van der Waals surface area contributed by atoms with Crippen molar-refractivity contribution in [3.63, 3.8) is 0 Å². The zero-order valence-corrected chi connectivity index (χ0v) is 13.2. The molecule has 0 atom stereocenters. The van der Waals surface area contributed by atoms with Gasteiger partial charge in [-0.05, 0) is 30.7 Å². The van der Waals surface area contributed by atoms with E-state index in [1.54, 1.807) is 11.3 Å². The van der Waals surface area contributed by atoms with E-state index in [2.05, 4.69) is 53.5 Å². The largest absolute Gasteiger partial charge is 0.311 e. The van der Waals surface area contributed by atoms with Gasteiger partial charge in [-0.3, -0.25) is 4.68 Å². The van der Waals surface area contributed by atoms with Crippen LogP contribution in [0.1, 0.15) is 24.5 Å². The van der Waals surface area contributed by atoms with E-state index in [9.17, 15) is 0 Å². The molecule has 5 heteroatoms. The Labute approximate surface area is 128 Å². The van der Waals surface area contributed by atoms with Crippen LogP contribution >= 0.6 is 11.3 Å². The maximum atomic E-state index is 4.67. The highest BCUT2D eigenvalue weighted by molar-refractivity contribution is 7.18. The molecule has 0 radical (unpaired) electrons. The first-order chi connectivity index (χ1) is 10.2. The summed E-state index contributed by atoms with van der Waals surface area (Å²) in [6.45, 7) is 7.04. The van der Waals surface area contributed by atoms with Crippen molar-refractivity contribution in [1.82, 2.24) is 20.1 Å². The van der Waals surface area contributed by atoms with E-state index in [0.29, 0.717) is 5.92 Å². The van der Waals surface area contributed by atoms with Crippen LogP contribution in [0.25, 0.3) is 10.2 Å². The minimum absolute atomic E-state index is 0.658. The van der Waals surface area contributed by atoms with E-state index in [1.807, 2.05) is 16.9 Å². The lowest BCUT2D eigenvalue weighted by atomic mass is 10.2. The Morgan fingerprint density at radius 2 is 2.10 bits per heavy atom. The van der Waals surface area contributed by atoms with Gasteiger partial charge >= 0.3 is 0 Å². The molecule has 2 aromatic heterocycles. The lowest BCUT2D eigenvalue weighted by Crippen LogP contribution is -2.21. The molecular weight excluding hydrogens is 280 g/mol. The highest BCUT2D eigenvalue weighted by Crippen LogP contribution is 2.22. The van der Waals surface area contributed by atoms with Gasteiger partial charge in [0, 0.05) is 12.7 Å². The predicted molar refractivity (Wildman–Crippen MR) is 87.5 cm³/mol. The Hall–Kier alpha value is -1.72. The Balaban J connectivity index is 1.71. The van der Waals surface area contributed by atoms with Crippen molar-refractivity contribution < 1.29 is 0 Å². The van der Waals surface area contributed by atoms with Crippen molar-refractivity contribution in [2.24, 2.45) is 5.92 Å². The number of para-hydroxylation sites is 1. The number of nitrogens with one attached hydrogen (secondary N) is 1. The molecule has 4 nitrogen and oxygen atoms in total. The summed E-state index contributed by atoms with van der Waals surface area (Å²) in [5.74, 6) is 0.658. The van der Waals surface area contributed by atoms with Gasteiger partial charge in [0.25, 0.3) is 0 Å². The molecule has 0 fully saturated rings. The molecule has 0 aliphatic carbocycles. The second-order valence-electron chi connectivity index (χ2n) is 5.58. The SMILES string of the molecule is CC(C)CNCc1ccnn1Cc1nc2ccccc2s1. The molecule has 0 saturated carbocycles. The van der Waals surface area contributed by atoms with Crippen LogP contribution in [0.4, 0.5) is 0 Å². The van der Waals surface area contributed by atoms with Crippen LogP contribution in [0.2, 0.25) is 0 Å². The number of rotatable bonds is 6. The third-order valence-electron chi connectivity index (χ3n) is 3.29. The minimum atomic E-state index is 0.658. The number of thiazole rings is 1. The predicted octanol–water partition coefficient (Wildman–Crippen LogP) is 3.29. The van der Waals surface area contributed by atoms with Gasteiger partial charge in [-0.1, -0.05) is 26.0 Å². The molecule has 2 heterocycles. The summed E-state index contributed by atoms with van der Waals surface area (Å²) >= 11 is 1.74. The van der Waals surface area contributed by atoms with Crippen molar-refractivity contribution in [3.05, 3.63) is 47.2 Å². The van der Waals surface area contributed by atoms with Crippen molar-refractivity contribution in [2.45, 2.75) is 26.9 Å². The van der Waals surface area contributed by atoms with E-state index in [0.717, 1.165) is 30.2 Å². The molecule has 0 aliphatic heterocycles. The van der Waals surface area contributed by atoms with Crippen LogP contribution in [0.5, 0.6) is 0 Å². The normalized spacial score (nSPS) is 11.6. The van der Waals surface area contributed by atoms with E-state index in [4.69, 9.17) is 0 Å². The molecule has 1 N–H and O–H groups in total. The maximum absolute atomic E-state index is 4.67. The minimum Gasteiger partial charge on any atom is -0.311 e. The third-order valence-corrected chi connectivity index (χ3v) is 4.31. The maximum Gasteiger partial charge on any atom is 0.115 e. The lowest BCUT2D eigenvalue weighted by molar-refractivity contribution is 0.529. The summed E-state index contributed by atoms with van der Waals surface area (Å²) < 4.78 is 3.27. The molecule has 110 valence electrons. The molecule has 0 amide bonds. The van der Waals surface area contributed by atoms with Gasteiger partial charge in [-0.2, -0.15) is 5.10 Å². The van der Waals surface area contributed by atoms with Gasteiger partial charge in [0.1, 0.15) is 5.01 Å². The number of hydrogen-bond acceptors (Lipinski definition) is 4. The van der Waals surface area contributed by atoms with E-state index in [-0.39, 0.29) is 0 Å². The van der Waals surface area contributed by atoms with Crippen molar-refractivity contribution in [3.8, 4) is 0 Å². The van der Waals surface area contributed by atoms with Crippen molar-refractivity contribution >= 4 is 21.6 Å². The van der Waals surface area contributed by atoms with Crippen LogP contribution in [0, 0.1) is 5.92 Å². The van der Waals surface area contributed by atoms with Crippen LogP contribution in [-0.2, 0) is 13.1 Å². The van der Waals surface area contributed by atoms with E-state index < -0.39 is 0 Å². The molecular formula is C16H20N4S. The average molecular weight is 300 g/mol. The molecule has 0 bridgehead atoms. The second kappa shape index (κ2) is 6.37. The fourth-order valence-electron chi connectivity index (χ4n) is 2.26. The van der Waals surface area contributed by atoms with Gasteiger partial charge in [0.05, 0.1) is 22.5 Å². The topological polar surface area (TPSA) is 42.7 Å². The summed E-state index contributed by atoms with van der Waals surface area (Å²) in [4.78, 5) is 4.67. The van der Waals surface area contributed by atoms with Crippen molar-refractivity contribution in [2.75, 3.05) is 6.54 Å². The molecule has 0 unspecified atom stereocenters. The summed E-state index contributed by atoms with van der Waals surface area (Å²) in [5, 5.41) is 8.99. The molecule has 0 spiro atoms. The van der Waals surface area contributed by atoms with Gasteiger partial charge in [0.2, 0.25) is 0 Å². The molecule has 0 aliphatic rings. The van der Waals surface area contributed by atoms with Crippen LogP contribution in [0.15, 0.2) is 36.5 Å².